The number of amides is 1. The van der Waals surface area contributed by atoms with Gasteiger partial charge < -0.3 is 9.64 Å². The Balaban J connectivity index is 2.02. The highest BCUT2D eigenvalue weighted by Crippen LogP contribution is 2.30. The molecule has 28 heavy (non-hydrogen) atoms. The van der Waals surface area contributed by atoms with Gasteiger partial charge in [-0.2, -0.15) is 18.3 Å². The van der Waals surface area contributed by atoms with E-state index in [0.29, 0.717) is 18.8 Å². The molecule has 3 rings (SSSR count). The third-order valence-corrected chi connectivity index (χ3v) is 4.43. The van der Waals surface area contributed by atoms with Crippen LogP contribution >= 0.6 is 0 Å². The van der Waals surface area contributed by atoms with Gasteiger partial charge in [-0.1, -0.05) is 6.07 Å². The van der Waals surface area contributed by atoms with Crippen LogP contribution in [0, 0.1) is 6.92 Å². The van der Waals surface area contributed by atoms with Gasteiger partial charge in [-0.05, 0) is 39.0 Å². The van der Waals surface area contributed by atoms with E-state index in [4.69, 9.17) is 4.74 Å². The minimum absolute atomic E-state index is 0.116. The zero-order valence-corrected chi connectivity index (χ0v) is 15.7. The zero-order valence-electron chi connectivity index (χ0n) is 15.7. The van der Waals surface area contributed by atoms with Crippen LogP contribution in [-0.2, 0) is 10.9 Å². The van der Waals surface area contributed by atoms with Gasteiger partial charge >= 0.3 is 6.18 Å². The van der Waals surface area contributed by atoms with E-state index in [1.807, 2.05) is 13.8 Å². The highest BCUT2D eigenvalue weighted by atomic mass is 19.4. The Labute approximate surface area is 159 Å². The van der Waals surface area contributed by atoms with Crippen LogP contribution in [0.3, 0.4) is 0 Å². The molecule has 1 amide bonds. The number of hydrogen-bond donors (Lipinski definition) is 0. The lowest BCUT2D eigenvalue weighted by Crippen LogP contribution is -2.49. The molecule has 1 saturated heterocycles. The van der Waals surface area contributed by atoms with Gasteiger partial charge in [-0.15, -0.1) is 0 Å². The van der Waals surface area contributed by atoms with E-state index >= 15 is 0 Å². The van der Waals surface area contributed by atoms with Crippen molar-refractivity contribution in [3.05, 3.63) is 57.5 Å². The third kappa shape index (κ3) is 4.09. The first-order valence-corrected chi connectivity index (χ1v) is 8.79. The number of alkyl halides is 3. The van der Waals surface area contributed by atoms with Gasteiger partial charge in [0.05, 0.1) is 23.5 Å². The fraction of sp³-hybridized carbons (Fsp3) is 0.421. The summed E-state index contributed by atoms with van der Waals surface area (Å²) < 4.78 is 45.8. The Morgan fingerprint density at radius 1 is 1.18 bits per heavy atom. The standard InChI is InChI=1S/C19H20F3N3O3/c1-11-7-16(26)17(18(27)24-9-12(2)28-13(3)10-24)23-25(11)15-6-4-5-14(8-15)19(20,21)22/h4-8,12-13H,9-10H2,1-3H3. The molecule has 0 saturated carbocycles. The number of aromatic nitrogens is 2. The lowest BCUT2D eigenvalue weighted by molar-refractivity contribution is -0.137. The van der Waals surface area contributed by atoms with Crippen LogP contribution in [0.15, 0.2) is 35.1 Å². The summed E-state index contributed by atoms with van der Waals surface area (Å²) in [5, 5.41) is 4.10. The van der Waals surface area contributed by atoms with Crippen LogP contribution in [0.2, 0.25) is 0 Å². The molecule has 9 heteroatoms. The maximum atomic E-state index is 13.0. The lowest BCUT2D eigenvalue weighted by atomic mass is 10.2. The van der Waals surface area contributed by atoms with Crippen molar-refractivity contribution in [1.29, 1.82) is 0 Å². The van der Waals surface area contributed by atoms with Gasteiger partial charge in [0.15, 0.2) is 5.69 Å². The number of nitrogens with zero attached hydrogens (tertiary/aromatic N) is 3. The van der Waals surface area contributed by atoms with Gasteiger partial charge in [-0.3, -0.25) is 9.59 Å². The van der Waals surface area contributed by atoms with Crippen molar-refractivity contribution in [2.75, 3.05) is 13.1 Å². The molecule has 1 aromatic heterocycles. The molecule has 2 heterocycles. The summed E-state index contributed by atoms with van der Waals surface area (Å²) in [4.78, 5) is 26.7. The number of carbonyl (C=O) groups is 1. The predicted octanol–water partition coefficient (Wildman–Crippen LogP) is 2.81. The van der Waals surface area contributed by atoms with E-state index in [1.54, 1.807) is 6.92 Å². The normalized spacial score (nSPS) is 20.3. The largest absolute Gasteiger partial charge is 0.416 e. The van der Waals surface area contributed by atoms with Gasteiger partial charge in [0, 0.05) is 24.8 Å². The van der Waals surface area contributed by atoms with E-state index in [0.717, 1.165) is 12.1 Å². The minimum Gasteiger partial charge on any atom is -0.372 e. The fourth-order valence-electron chi connectivity index (χ4n) is 3.26. The maximum Gasteiger partial charge on any atom is 0.416 e. The molecule has 0 spiro atoms. The Bertz CT molecular complexity index is 945. The van der Waals surface area contributed by atoms with E-state index in [-0.39, 0.29) is 23.6 Å². The molecule has 2 atom stereocenters. The molecule has 1 aromatic carbocycles. The van der Waals surface area contributed by atoms with Crippen LogP contribution in [0.4, 0.5) is 13.2 Å². The second-order valence-electron chi connectivity index (χ2n) is 6.93. The number of ether oxygens (including phenoxy) is 1. The van der Waals surface area contributed by atoms with Crippen LogP contribution in [0.5, 0.6) is 0 Å². The fourth-order valence-corrected chi connectivity index (χ4v) is 3.26. The number of halogens is 3. The molecule has 0 N–H and O–H groups in total. The van der Waals surface area contributed by atoms with E-state index in [1.165, 1.54) is 27.8 Å². The van der Waals surface area contributed by atoms with E-state index < -0.39 is 23.1 Å². The second kappa shape index (κ2) is 7.38. The van der Waals surface area contributed by atoms with Gasteiger partial charge in [0.25, 0.3) is 5.91 Å². The molecule has 0 radical (unpaired) electrons. The molecule has 2 unspecified atom stereocenters. The van der Waals surface area contributed by atoms with Crippen LogP contribution in [-0.4, -0.2) is 45.9 Å². The summed E-state index contributed by atoms with van der Waals surface area (Å²) >= 11 is 0. The first-order valence-electron chi connectivity index (χ1n) is 8.79. The van der Waals surface area contributed by atoms with Gasteiger partial charge in [0.2, 0.25) is 5.43 Å². The Morgan fingerprint density at radius 3 is 2.43 bits per heavy atom. The number of morpholine rings is 1. The summed E-state index contributed by atoms with van der Waals surface area (Å²) in [6.45, 7) is 5.80. The smallest absolute Gasteiger partial charge is 0.372 e. The van der Waals surface area contributed by atoms with E-state index in [9.17, 15) is 22.8 Å². The first-order chi connectivity index (χ1) is 13.1. The molecule has 1 aliphatic rings. The molecular weight excluding hydrogens is 375 g/mol. The van der Waals surface area contributed by atoms with Crippen molar-refractivity contribution in [3.8, 4) is 5.69 Å². The van der Waals surface area contributed by atoms with Crippen molar-refractivity contribution >= 4 is 5.91 Å². The van der Waals surface area contributed by atoms with Crippen LogP contribution in [0.1, 0.15) is 35.6 Å². The van der Waals surface area contributed by atoms with E-state index in [2.05, 4.69) is 5.10 Å². The monoisotopic (exact) mass is 395 g/mol. The van der Waals surface area contributed by atoms with Crippen LogP contribution in [0.25, 0.3) is 5.69 Å². The highest BCUT2D eigenvalue weighted by Gasteiger charge is 2.31. The SMILES string of the molecule is Cc1cc(=O)c(C(=O)N2CC(C)OC(C)C2)nn1-c1cccc(C(F)(F)F)c1. The summed E-state index contributed by atoms with van der Waals surface area (Å²) in [7, 11) is 0. The Hall–Kier alpha value is -2.68. The molecule has 6 nitrogen and oxygen atoms in total. The van der Waals surface area contributed by atoms with Crippen LogP contribution < -0.4 is 5.43 Å². The Kier molecular flexibility index (Phi) is 5.29. The molecule has 1 fully saturated rings. The maximum absolute atomic E-state index is 13.0. The number of hydrogen-bond acceptors (Lipinski definition) is 4. The first kappa shape index (κ1) is 20.1. The molecular formula is C19H20F3N3O3. The average molecular weight is 395 g/mol. The third-order valence-electron chi connectivity index (χ3n) is 4.43. The predicted molar refractivity (Wildman–Crippen MR) is 95.5 cm³/mol. The molecule has 0 aliphatic carbocycles. The quantitative estimate of drug-likeness (QED) is 0.785. The number of carbonyl (C=O) groups excluding carboxylic acids is 1. The molecule has 150 valence electrons. The summed E-state index contributed by atoms with van der Waals surface area (Å²) in [6, 6.07) is 5.77. The summed E-state index contributed by atoms with van der Waals surface area (Å²) in [6.07, 6.45) is -4.89. The Morgan fingerprint density at radius 2 is 1.82 bits per heavy atom. The van der Waals surface area contributed by atoms with Crippen molar-refractivity contribution in [2.24, 2.45) is 0 Å². The highest BCUT2D eigenvalue weighted by molar-refractivity contribution is 5.92. The van der Waals surface area contributed by atoms with Crippen molar-refractivity contribution in [1.82, 2.24) is 14.7 Å². The van der Waals surface area contributed by atoms with Crippen molar-refractivity contribution in [3.63, 3.8) is 0 Å². The minimum atomic E-state index is -4.51. The van der Waals surface area contributed by atoms with Crippen molar-refractivity contribution < 1.29 is 22.7 Å². The van der Waals surface area contributed by atoms with Gasteiger partial charge in [-0.25, -0.2) is 4.68 Å². The molecule has 0 bridgehead atoms. The number of aryl methyl sites for hydroxylation is 1. The number of rotatable bonds is 2. The summed E-state index contributed by atoms with van der Waals surface area (Å²) in [5.74, 6) is -0.562. The zero-order chi connectivity index (χ0) is 20.6. The summed E-state index contributed by atoms with van der Waals surface area (Å²) in [5.41, 5.74) is -1.30. The van der Waals surface area contributed by atoms with Crippen molar-refractivity contribution in [2.45, 2.75) is 39.2 Å². The molecule has 1 aliphatic heterocycles. The van der Waals surface area contributed by atoms with Gasteiger partial charge in [0.1, 0.15) is 0 Å². The average Bonchev–Trinajstić information content (AvgIpc) is 2.60. The topological polar surface area (TPSA) is 64.4 Å². The lowest BCUT2D eigenvalue weighted by Gasteiger charge is -2.35. The number of benzene rings is 1. The molecule has 2 aromatic rings. The second-order valence-corrected chi connectivity index (χ2v) is 6.93.